The number of likely N-dealkylation sites (N-methyl/N-ethyl adjacent to an activating group) is 1. The van der Waals surface area contributed by atoms with Gasteiger partial charge in [0.25, 0.3) is 0 Å². The summed E-state index contributed by atoms with van der Waals surface area (Å²) in [6, 6.07) is 4.45. The Morgan fingerprint density at radius 1 is 1.37 bits per heavy atom. The number of hydrogen-bond donors (Lipinski definition) is 2. The molecule has 0 saturated heterocycles. The molecule has 2 heterocycles. The van der Waals surface area contributed by atoms with E-state index >= 15 is 0 Å². The Morgan fingerprint density at radius 2 is 2.21 bits per heavy atom. The fourth-order valence-electron chi connectivity index (χ4n) is 1.86. The van der Waals surface area contributed by atoms with Crippen molar-refractivity contribution in [2.45, 2.75) is 26.3 Å². The van der Waals surface area contributed by atoms with Crippen LogP contribution in [0.25, 0.3) is 0 Å². The van der Waals surface area contributed by atoms with Crippen LogP contribution in [-0.2, 0) is 6.42 Å². The van der Waals surface area contributed by atoms with Crippen molar-refractivity contribution >= 4 is 11.6 Å². The number of hydrogen-bond acceptors (Lipinski definition) is 4. The quantitative estimate of drug-likeness (QED) is 0.836. The van der Waals surface area contributed by atoms with E-state index in [1.54, 1.807) is 6.33 Å². The molecule has 0 aromatic carbocycles. The van der Waals surface area contributed by atoms with E-state index in [4.69, 9.17) is 0 Å². The molecule has 0 bridgehead atoms. The average molecular weight is 259 g/mol. The lowest BCUT2D eigenvalue weighted by Gasteiger charge is -2.18. The van der Waals surface area contributed by atoms with Crippen LogP contribution >= 0.6 is 0 Å². The number of nitrogens with one attached hydrogen (secondary N) is 2. The van der Waals surface area contributed by atoms with Gasteiger partial charge in [-0.3, -0.25) is 0 Å². The fourth-order valence-corrected chi connectivity index (χ4v) is 1.86. The summed E-state index contributed by atoms with van der Waals surface area (Å²) in [5, 5.41) is 3.29. The van der Waals surface area contributed by atoms with Gasteiger partial charge in [0, 0.05) is 38.1 Å². The van der Waals surface area contributed by atoms with Crippen molar-refractivity contribution in [2.24, 2.45) is 0 Å². The second kappa shape index (κ2) is 6.22. The van der Waals surface area contributed by atoms with Crippen LogP contribution < -0.4 is 10.2 Å². The van der Waals surface area contributed by atoms with Crippen LogP contribution in [0.15, 0.2) is 30.9 Å². The number of aromatic amines is 1. The first-order chi connectivity index (χ1) is 9.15. The van der Waals surface area contributed by atoms with E-state index < -0.39 is 0 Å². The van der Waals surface area contributed by atoms with Gasteiger partial charge in [-0.25, -0.2) is 9.97 Å². The zero-order valence-corrected chi connectivity index (χ0v) is 11.7. The predicted molar refractivity (Wildman–Crippen MR) is 78.6 cm³/mol. The highest BCUT2D eigenvalue weighted by Gasteiger charge is 2.05. The first-order valence-corrected chi connectivity index (χ1v) is 6.56. The molecule has 19 heavy (non-hydrogen) atoms. The van der Waals surface area contributed by atoms with Crippen molar-refractivity contribution in [3.63, 3.8) is 0 Å². The highest BCUT2D eigenvalue weighted by Crippen LogP contribution is 2.13. The molecule has 2 N–H and O–H groups in total. The Labute approximate surface area is 114 Å². The Kier molecular flexibility index (Phi) is 4.39. The number of H-pyrrole nitrogens is 1. The van der Waals surface area contributed by atoms with Crippen molar-refractivity contribution in [3.8, 4) is 0 Å². The number of nitrogens with zero attached hydrogens (tertiary/aromatic N) is 3. The molecule has 0 aliphatic rings. The van der Waals surface area contributed by atoms with E-state index in [1.165, 1.54) is 5.56 Å². The largest absolute Gasteiger partial charge is 0.368 e. The molecule has 5 nitrogen and oxygen atoms in total. The van der Waals surface area contributed by atoms with Gasteiger partial charge in [-0.1, -0.05) is 0 Å². The molecule has 0 unspecified atom stereocenters. The summed E-state index contributed by atoms with van der Waals surface area (Å²) in [6.45, 7) is 5.12. The third-order valence-corrected chi connectivity index (χ3v) is 2.88. The summed E-state index contributed by atoms with van der Waals surface area (Å²) in [6.07, 6.45) is 6.58. The van der Waals surface area contributed by atoms with Crippen LogP contribution in [0.5, 0.6) is 0 Å². The number of anilines is 2. The van der Waals surface area contributed by atoms with Crippen LogP contribution in [0.1, 0.15) is 19.4 Å². The molecule has 0 spiro atoms. The molecule has 0 aliphatic carbocycles. The fraction of sp³-hybridized carbons (Fsp3) is 0.429. The summed E-state index contributed by atoms with van der Waals surface area (Å²) in [4.78, 5) is 13.7. The highest BCUT2D eigenvalue weighted by molar-refractivity contribution is 5.48. The van der Waals surface area contributed by atoms with Crippen molar-refractivity contribution in [1.82, 2.24) is 15.0 Å². The summed E-state index contributed by atoms with van der Waals surface area (Å²) in [7, 11) is 2.05. The molecular formula is C14H21N5. The van der Waals surface area contributed by atoms with Crippen LogP contribution in [0.3, 0.4) is 0 Å². The van der Waals surface area contributed by atoms with Gasteiger partial charge in [0.1, 0.15) is 18.0 Å². The summed E-state index contributed by atoms with van der Waals surface area (Å²) in [5.74, 6) is 1.81. The number of aromatic nitrogens is 3. The van der Waals surface area contributed by atoms with Crippen LogP contribution in [0, 0.1) is 0 Å². The van der Waals surface area contributed by atoms with Gasteiger partial charge in [-0.05, 0) is 31.9 Å². The lowest BCUT2D eigenvalue weighted by Crippen LogP contribution is -2.22. The highest BCUT2D eigenvalue weighted by atomic mass is 15.2. The molecule has 0 fully saturated rings. The minimum absolute atomic E-state index is 0.368. The van der Waals surface area contributed by atoms with E-state index in [0.717, 1.165) is 24.6 Å². The van der Waals surface area contributed by atoms with Crippen LogP contribution in [0.2, 0.25) is 0 Å². The normalized spacial score (nSPS) is 10.7. The Hall–Kier alpha value is -2.04. The molecule has 2 aromatic heterocycles. The Balaban J connectivity index is 1.96. The van der Waals surface area contributed by atoms with Gasteiger partial charge in [0.05, 0.1) is 0 Å². The van der Waals surface area contributed by atoms with Gasteiger partial charge in [-0.2, -0.15) is 0 Å². The molecule has 0 radical (unpaired) electrons. The van der Waals surface area contributed by atoms with Gasteiger partial charge < -0.3 is 15.2 Å². The minimum atomic E-state index is 0.368. The van der Waals surface area contributed by atoms with Crippen molar-refractivity contribution in [2.75, 3.05) is 23.8 Å². The van der Waals surface area contributed by atoms with Gasteiger partial charge in [-0.15, -0.1) is 0 Å². The summed E-state index contributed by atoms with van der Waals surface area (Å²) in [5.41, 5.74) is 1.31. The Morgan fingerprint density at radius 3 is 2.89 bits per heavy atom. The Bertz CT molecular complexity index is 492. The summed E-state index contributed by atoms with van der Waals surface area (Å²) < 4.78 is 0. The van der Waals surface area contributed by atoms with Crippen LogP contribution in [-0.4, -0.2) is 34.6 Å². The van der Waals surface area contributed by atoms with Gasteiger partial charge in [0.2, 0.25) is 0 Å². The van der Waals surface area contributed by atoms with E-state index in [2.05, 4.69) is 45.1 Å². The SMILES string of the molecule is CC(C)Nc1cc(N(C)CCc2cc[nH]c2)ncn1. The molecular weight excluding hydrogens is 238 g/mol. The third kappa shape index (κ3) is 3.98. The maximum absolute atomic E-state index is 4.31. The van der Waals surface area contributed by atoms with Crippen molar-refractivity contribution in [1.29, 1.82) is 0 Å². The molecule has 2 rings (SSSR count). The first kappa shape index (κ1) is 13.4. The van der Waals surface area contributed by atoms with Gasteiger partial charge in [0.15, 0.2) is 0 Å². The van der Waals surface area contributed by atoms with Crippen molar-refractivity contribution in [3.05, 3.63) is 36.4 Å². The molecule has 2 aromatic rings. The smallest absolute Gasteiger partial charge is 0.133 e. The maximum Gasteiger partial charge on any atom is 0.133 e. The zero-order valence-electron chi connectivity index (χ0n) is 11.7. The molecule has 5 heteroatoms. The topological polar surface area (TPSA) is 56.8 Å². The monoisotopic (exact) mass is 259 g/mol. The van der Waals surface area contributed by atoms with Crippen molar-refractivity contribution < 1.29 is 0 Å². The first-order valence-electron chi connectivity index (χ1n) is 6.56. The standard InChI is InChI=1S/C14H21N5/c1-11(2)18-13-8-14(17-10-16-13)19(3)7-5-12-4-6-15-9-12/h4,6,8-11,15H,5,7H2,1-3H3,(H,16,17,18). The number of rotatable bonds is 6. The molecule has 0 aliphatic heterocycles. The minimum Gasteiger partial charge on any atom is -0.368 e. The predicted octanol–water partition coefficient (Wildman–Crippen LogP) is 2.30. The van der Waals surface area contributed by atoms with E-state index in [-0.39, 0.29) is 0 Å². The molecule has 0 saturated carbocycles. The molecule has 0 amide bonds. The lowest BCUT2D eigenvalue weighted by molar-refractivity contribution is 0.849. The third-order valence-electron chi connectivity index (χ3n) is 2.88. The summed E-state index contributed by atoms with van der Waals surface area (Å²) >= 11 is 0. The second-order valence-electron chi connectivity index (χ2n) is 4.95. The zero-order chi connectivity index (χ0) is 13.7. The molecule has 102 valence electrons. The average Bonchev–Trinajstić information content (AvgIpc) is 2.88. The van der Waals surface area contributed by atoms with Crippen LogP contribution in [0.4, 0.5) is 11.6 Å². The van der Waals surface area contributed by atoms with E-state index in [0.29, 0.717) is 6.04 Å². The maximum atomic E-state index is 4.31. The molecule has 0 atom stereocenters. The van der Waals surface area contributed by atoms with E-state index in [1.807, 2.05) is 25.5 Å². The second-order valence-corrected chi connectivity index (χ2v) is 4.95. The van der Waals surface area contributed by atoms with E-state index in [9.17, 15) is 0 Å². The lowest BCUT2D eigenvalue weighted by atomic mass is 10.2. The van der Waals surface area contributed by atoms with Gasteiger partial charge >= 0.3 is 0 Å².